The summed E-state index contributed by atoms with van der Waals surface area (Å²) >= 11 is 25.0. The van der Waals surface area contributed by atoms with Crippen LogP contribution in [0.4, 0.5) is 5.69 Å². The molecule has 0 spiro atoms. The largest absolute Gasteiger partial charge is 0.490 e. The smallest absolute Gasteiger partial charge is 0.270 e. The summed E-state index contributed by atoms with van der Waals surface area (Å²) in [5.74, 6) is 0.755. The molecule has 0 unspecified atom stereocenters. The first-order chi connectivity index (χ1) is 13.8. The van der Waals surface area contributed by atoms with Gasteiger partial charge in [0.1, 0.15) is 0 Å². The van der Waals surface area contributed by atoms with Gasteiger partial charge in [-0.05, 0) is 55.8 Å². The van der Waals surface area contributed by atoms with Crippen molar-refractivity contribution in [1.29, 1.82) is 0 Å². The lowest BCUT2D eigenvalue weighted by atomic mass is 10.1. The van der Waals surface area contributed by atoms with Crippen LogP contribution in [0.1, 0.15) is 19.4 Å². The average molecular weight is 489 g/mol. The summed E-state index contributed by atoms with van der Waals surface area (Å²) < 4.78 is 11.6. The summed E-state index contributed by atoms with van der Waals surface area (Å²) in [4.78, 5) is 14.9. The van der Waals surface area contributed by atoms with Crippen LogP contribution in [0.5, 0.6) is 11.5 Å². The highest BCUT2D eigenvalue weighted by Crippen LogP contribution is 2.41. The predicted octanol–water partition coefficient (Wildman–Crippen LogP) is 6.85. The molecule has 0 atom stereocenters. The zero-order valence-electron chi connectivity index (χ0n) is 15.5. The third-order valence-corrected chi connectivity index (χ3v) is 6.20. The van der Waals surface area contributed by atoms with Crippen molar-refractivity contribution in [2.75, 3.05) is 18.1 Å². The molecule has 1 fully saturated rings. The number of carbonyl (C=O) groups is 1. The molecule has 1 aliphatic rings. The molecule has 0 bridgehead atoms. The first-order valence-corrected chi connectivity index (χ1v) is 11.0. The number of rotatable bonds is 6. The second kappa shape index (κ2) is 9.58. The number of benzene rings is 2. The highest BCUT2D eigenvalue weighted by Gasteiger charge is 2.33. The quantitative estimate of drug-likeness (QED) is 0.328. The molecule has 0 N–H and O–H groups in total. The van der Waals surface area contributed by atoms with Crippen molar-refractivity contribution in [2.24, 2.45) is 0 Å². The molecular formula is C20H16Cl3NO3S2. The molecule has 1 amide bonds. The summed E-state index contributed by atoms with van der Waals surface area (Å²) in [6.07, 6.45) is 1.72. The maximum atomic E-state index is 13.0. The van der Waals surface area contributed by atoms with E-state index in [-0.39, 0.29) is 5.91 Å². The van der Waals surface area contributed by atoms with Gasteiger partial charge >= 0.3 is 0 Å². The SMILES string of the molecule is CCOc1cc(/C=C2\SC(=S)N(c3ccc(Cl)c(Cl)c3)C2=O)cc(Cl)c1OCC. The van der Waals surface area contributed by atoms with Crippen molar-refractivity contribution in [3.05, 3.63) is 55.9 Å². The summed E-state index contributed by atoms with van der Waals surface area (Å²) in [5, 5.41) is 1.16. The fraction of sp³-hybridized carbons (Fsp3) is 0.200. The van der Waals surface area contributed by atoms with Crippen LogP contribution in [-0.2, 0) is 4.79 Å². The molecule has 1 heterocycles. The standard InChI is InChI=1S/C20H16Cl3NO3S2/c1-3-26-16-8-11(7-15(23)18(16)27-4-2)9-17-19(25)24(20(28)29-17)12-5-6-13(21)14(22)10-12/h5-10H,3-4H2,1-2H3/b17-9-. The normalized spacial score (nSPS) is 15.3. The van der Waals surface area contributed by atoms with Crippen molar-refractivity contribution < 1.29 is 14.3 Å². The van der Waals surface area contributed by atoms with Crippen LogP contribution >= 0.6 is 58.8 Å². The van der Waals surface area contributed by atoms with E-state index < -0.39 is 0 Å². The molecule has 2 aromatic carbocycles. The fourth-order valence-corrected chi connectivity index (χ4v) is 4.55. The number of anilines is 1. The van der Waals surface area contributed by atoms with Crippen LogP contribution in [0, 0.1) is 0 Å². The molecule has 0 saturated carbocycles. The van der Waals surface area contributed by atoms with Gasteiger partial charge in [-0.25, -0.2) is 0 Å². The topological polar surface area (TPSA) is 38.8 Å². The molecule has 0 aromatic heterocycles. The molecule has 0 radical (unpaired) electrons. The zero-order valence-corrected chi connectivity index (χ0v) is 19.4. The van der Waals surface area contributed by atoms with Gasteiger partial charge in [-0.3, -0.25) is 9.69 Å². The Bertz CT molecular complexity index is 1010. The average Bonchev–Trinajstić information content (AvgIpc) is 2.94. The number of ether oxygens (including phenoxy) is 2. The van der Waals surface area contributed by atoms with E-state index in [1.54, 1.807) is 36.4 Å². The predicted molar refractivity (Wildman–Crippen MR) is 126 cm³/mol. The van der Waals surface area contributed by atoms with E-state index in [1.165, 1.54) is 16.7 Å². The fourth-order valence-electron chi connectivity index (χ4n) is 2.68. The second-order valence-corrected chi connectivity index (χ2v) is 8.71. The molecule has 1 aliphatic heterocycles. The van der Waals surface area contributed by atoms with Gasteiger partial charge in [0.05, 0.1) is 38.9 Å². The number of thiocarbonyl (C=S) groups is 1. The highest BCUT2D eigenvalue weighted by molar-refractivity contribution is 8.27. The minimum Gasteiger partial charge on any atom is -0.490 e. The van der Waals surface area contributed by atoms with Gasteiger partial charge < -0.3 is 9.47 Å². The van der Waals surface area contributed by atoms with E-state index in [2.05, 4.69) is 0 Å². The van der Waals surface area contributed by atoms with Crippen molar-refractivity contribution >= 4 is 80.8 Å². The van der Waals surface area contributed by atoms with E-state index in [4.69, 9.17) is 56.5 Å². The van der Waals surface area contributed by atoms with Gasteiger partial charge in [-0.1, -0.05) is 58.8 Å². The van der Waals surface area contributed by atoms with Gasteiger partial charge in [-0.15, -0.1) is 0 Å². The van der Waals surface area contributed by atoms with Crippen molar-refractivity contribution in [2.45, 2.75) is 13.8 Å². The van der Waals surface area contributed by atoms with Crippen LogP contribution in [0.25, 0.3) is 6.08 Å². The lowest BCUT2D eigenvalue weighted by molar-refractivity contribution is -0.113. The highest BCUT2D eigenvalue weighted by atomic mass is 35.5. The van der Waals surface area contributed by atoms with E-state index in [1.807, 2.05) is 13.8 Å². The molecule has 0 aliphatic carbocycles. The number of hydrogen-bond acceptors (Lipinski definition) is 5. The number of thioether (sulfide) groups is 1. The Kier molecular flexibility index (Phi) is 7.35. The van der Waals surface area contributed by atoms with Gasteiger partial charge in [0.2, 0.25) is 0 Å². The molecule has 3 rings (SSSR count). The summed E-state index contributed by atoms with van der Waals surface area (Å²) in [7, 11) is 0. The molecule has 9 heteroatoms. The first kappa shape index (κ1) is 22.2. The molecule has 4 nitrogen and oxygen atoms in total. The molecule has 152 valence electrons. The Labute approximate surface area is 193 Å². The third-order valence-electron chi connectivity index (χ3n) is 3.87. The lowest BCUT2D eigenvalue weighted by Gasteiger charge is -2.15. The molecule has 2 aromatic rings. The van der Waals surface area contributed by atoms with E-state index in [9.17, 15) is 4.79 Å². The first-order valence-electron chi connectivity index (χ1n) is 8.67. The van der Waals surface area contributed by atoms with Crippen LogP contribution in [0.15, 0.2) is 35.2 Å². The van der Waals surface area contributed by atoms with Crippen LogP contribution in [0.2, 0.25) is 15.1 Å². The maximum Gasteiger partial charge on any atom is 0.270 e. The lowest BCUT2D eigenvalue weighted by Crippen LogP contribution is -2.27. The van der Waals surface area contributed by atoms with Crippen LogP contribution in [0.3, 0.4) is 0 Å². The van der Waals surface area contributed by atoms with Crippen molar-refractivity contribution in [1.82, 2.24) is 0 Å². The van der Waals surface area contributed by atoms with Gasteiger partial charge in [-0.2, -0.15) is 0 Å². The third kappa shape index (κ3) is 4.84. The monoisotopic (exact) mass is 487 g/mol. The van der Waals surface area contributed by atoms with E-state index in [0.29, 0.717) is 60.3 Å². The van der Waals surface area contributed by atoms with Crippen molar-refractivity contribution in [3.8, 4) is 11.5 Å². The molecular weight excluding hydrogens is 473 g/mol. The van der Waals surface area contributed by atoms with E-state index >= 15 is 0 Å². The number of hydrogen-bond donors (Lipinski definition) is 0. The number of nitrogens with zero attached hydrogens (tertiary/aromatic N) is 1. The van der Waals surface area contributed by atoms with E-state index in [0.717, 1.165) is 0 Å². The minimum absolute atomic E-state index is 0.249. The van der Waals surface area contributed by atoms with Crippen LogP contribution < -0.4 is 14.4 Å². The Balaban J connectivity index is 1.95. The van der Waals surface area contributed by atoms with Gasteiger partial charge in [0, 0.05) is 0 Å². The molecule has 29 heavy (non-hydrogen) atoms. The van der Waals surface area contributed by atoms with Crippen molar-refractivity contribution in [3.63, 3.8) is 0 Å². The number of amides is 1. The number of carbonyl (C=O) groups excluding carboxylic acids is 1. The Morgan fingerprint density at radius 3 is 2.41 bits per heavy atom. The van der Waals surface area contributed by atoms with Gasteiger partial charge in [0.15, 0.2) is 15.8 Å². The summed E-state index contributed by atoms with van der Waals surface area (Å²) in [5.41, 5.74) is 1.27. The Hall–Kier alpha value is -1.44. The second-order valence-electron chi connectivity index (χ2n) is 5.81. The summed E-state index contributed by atoms with van der Waals surface area (Å²) in [6.45, 7) is 4.66. The molecule has 1 saturated heterocycles. The number of halogens is 3. The summed E-state index contributed by atoms with van der Waals surface area (Å²) in [6, 6.07) is 8.44. The zero-order chi connectivity index (χ0) is 21.1. The van der Waals surface area contributed by atoms with Crippen LogP contribution in [-0.4, -0.2) is 23.4 Å². The van der Waals surface area contributed by atoms with Gasteiger partial charge in [0.25, 0.3) is 5.91 Å². The Morgan fingerprint density at radius 1 is 1.03 bits per heavy atom. The maximum absolute atomic E-state index is 13.0. The minimum atomic E-state index is -0.249. The Morgan fingerprint density at radius 2 is 1.76 bits per heavy atom.